The minimum Gasteiger partial charge on any atom is -0.484 e. The van der Waals surface area contributed by atoms with Gasteiger partial charge in [-0.3, -0.25) is 0 Å². The van der Waals surface area contributed by atoms with Crippen LogP contribution in [0.1, 0.15) is 12.0 Å². The molecule has 1 fully saturated rings. The summed E-state index contributed by atoms with van der Waals surface area (Å²) in [5.74, 6) is 1.50. The van der Waals surface area contributed by atoms with Gasteiger partial charge in [0.2, 0.25) is 0 Å². The van der Waals surface area contributed by atoms with Crippen molar-refractivity contribution < 1.29 is 4.74 Å². The Kier molecular flexibility index (Phi) is 1.71. The molecule has 4 nitrogen and oxygen atoms in total. The summed E-state index contributed by atoms with van der Waals surface area (Å²) in [4.78, 5) is 6.37. The number of nitrogens with two attached hydrogens (primary N) is 1. The second-order valence-corrected chi connectivity index (χ2v) is 4.67. The van der Waals surface area contributed by atoms with E-state index in [4.69, 9.17) is 10.5 Å². The Balaban J connectivity index is 1.92. The summed E-state index contributed by atoms with van der Waals surface area (Å²) in [7, 11) is 2.13. The topological polar surface area (TPSA) is 51.4 Å². The summed E-state index contributed by atoms with van der Waals surface area (Å²) in [5, 5.41) is 0. The van der Waals surface area contributed by atoms with Crippen molar-refractivity contribution in [2.75, 3.05) is 25.9 Å². The summed E-state index contributed by atoms with van der Waals surface area (Å²) in [6.07, 6.45) is 3.81. The van der Waals surface area contributed by atoms with E-state index in [0.29, 0.717) is 5.82 Å². The van der Waals surface area contributed by atoms with Crippen LogP contribution in [-0.2, 0) is 6.42 Å². The number of nitrogen functional groups attached to an aromatic ring is 1. The molecule has 1 atom stereocenters. The second-order valence-electron chi connectivity index (χ2n) is 4.67. The Morgan fingerprint density at radius 1 is 1.60 bits per heavy atom. The lowest BCUT2D eigenvalue weighted by molar-refractivity contribution is 0.106. The van der Waals surface area contributed by atoms with Gasteiger partial charge in [-0.05, 0) is 13.1 Å². The first-order valence-corrected chi connectivity index (χ1v) is 5.29. The number of pyridine rings is 1. The second kappa shape index (κ2) is 2.85. The predicted molar refractivity (Wildman–Crippen MR) is 57.8 cm³/mol. The zero-order valence-corrected chi connectivity index (χ0v) is 8.86. The third kappa shape index (κ3) is 1.36. The molecule has 0 aliphatic carbocycles. The number of hydrogen-bond acceptors (Lipinski definition) is 4. The molecule has 1 aromatic heterocycles. The highest BCUT2D eigenvalue weighted by Gasteiger charge is 2.44. The van der Waals surface area contributed by atoms with Crippen LogP contribution in [0.25, 0.3) is 0 Å². The van der Waals surface area contributed by atoms with E-state index in [1.165, 1.54) is 5.56 Å². The quantitative estimate of drug-likeness (QED) is 0.676. The Labute approximate surface area is 89.0 Å². The van der Waals surface area contributed by atoms with E-state index in [2.05, 4.69) is 16.9 Å². The lowest BCUT2D eigenvalue weighted by Gasteiger charge is -2.22. The van der Waals surface area contributed by atoms with Gasteiger partial charge in [-0.1, -0.05) is 0 Å². The minimum atomic E-state index is -0.00738. The standard InChI is InChI=1S/C11H15N3O/c1-14-3-2-11(7-14)5-8-4-10(12)13-6-9(8)15-11/h4,6H,2-3,5,7H2,1H3,(H2,12,13). The molecule has 0 aromatic carbocycles. The maximum absolute atomic E-state index is 6.02. The van der Waals surface area contributed by atoms with E-state index in [9.17, 15) is 0 Å². The number of likely N-dealkylation sites (tertiary alicyclic amines) is 1. The molecule has 0 saturated carbocycles. The molecule has 0 radical (unpaired) electrons. The molecule has 2 aliphatic heterocycles. The summed E-state index contributed by atoms with van der Waals surface area (Å²) >= 11 is 0. The molecule has 2 N–H and O–H groups in total. The van der Waals surface area contributed by atoms with Crippen molar-refractivity contribution in [1.82, 2.24) is 9.88 Å². The van der Waals surface area contributed by atoms with Crippen molar-refractivity contribution in [3.8, 4) is 5.75 Å². The fourth-order valence-electron chi connectivity index (χ4n) is 2.62. The lowest BCUT2D eigenvalue weighted by atomic mass is 9.97. The molecule has 0 amide bonds. The van der Waals surface area contributed by atoms with Crippen LogP contribution < -0.4 is 10.5 Å². The van der Waals surface area contributed by atoms with Crippen LogP contribution in [0.3, 0.4) is 0 Å². The highest BCUT2D eigenvalue weighted by atomic mass is 16.5. The van der Waals surface area contributed by atoms with Crippen molar-refractivity contribution in [2.24, 2.45) is 0 Å². The number of likely N-dealkylation sites (N-methyl/N-ethyl adjacent to an activating group) is 1. The van der Waals surface area contributed by atoms with Crippen LogP contribution in [-0.4, -0.2) is 35.6 Å². The average molecular weight is 205 g/mol. The van der Waals surface area contributed by atoms with Gasteiger partial charge in [-0.2, -0.15) is 0 Å². The number of aromatic nitrogens is 1. The fourth-order valence-corrected chi connectivity index (χ4v) is 2.62. The fraction of sp³-hybridized carbons (Fsp3) is 0.545. The maximum Gasteiger partial charge on any atom is 0.142 e. The van der Waals surface area contributed by atoms with Gasteiger partial charge < -0.3 is 15.4 Å². The molecule has 15 heavy (non-hydrogen) atoms. The first kappa shape index (κ1) is 8.97. The smallest absolute Gasteiger partial charge is 0.142 e. The van der Waals surface area contributed by atoms with Crippen molar-refractivity contribution >= 4 is 5.82 Å². The molecule has 4 heteroatoms. The largest absolute Gasteiger partial charge is 0.484 e. The molecule has 1 saturated heterocycles. The van der Waals surface area contributed by atoms with Crippen molar-refractivity contribution in [2.45, 2.75) is 18.4 Å². The molecule has 1 unspecified atom stereocenters. The highest BCUT2D eigenvalue weighted by molar-refractivity contribution is 5.45. The molecule has 2 aliphatic rings. The zero-order valence-electron chi connectivity index (χ0n) is 8.86. The zero-order chi connectivity index (χ0) is 10.5. The van der Waals surface area contributed by atoms with Crippen LogP contribution in [0, 0.1) is 0 Å². The number of fused-ring (bicyclic) bond motifs is 1. The number of hydrogen-bond donors (Lipinski definition) is 1. The molecule has 1 spiro atoms. The SMILES string of the molecule is CN1CCC2(Cc3cc(N)ncc3O2)C1. The Morgan fingerprint density at radius 2 is 2.47 bits per heavy atom. The lowest BCUT2D eigenvalue weighted by Crippen LogP contribution is -2.36. The van der Waals surface area contributed by atoms with E-state index in [1.807, 2.05) is 6.07 Å². The van der Waals surface area contributed by atoms with Gasteiger partial charge in [-0.15, -0.1) is 0 Å². The van der Waals surface area contributed by atoms with E-state index >= 15 is 0 Å². The summed E-state index contributed by atoms with van der Waals surface area (Å²) in [5.41, 5.74) is 6.87. The van der Waals surface area contributed by atoms with Gasteiger partial charge in [0.15, 0.2) is 0 Å². The van der Waals surface area contributed by atoms with Gasteiger partial charge in [0.05, 0.1) is 6.20 Å². The molecular formula is C11H15N3O. The maximum atomic E-state index is 6.02. The normalized spacial score (nSPS) is 29.4. The highest BCUT2D eigenvalue weighted by Crippen LogP contribution is 2.39. The monoisotopic (exact) mass is 205 g/mol. The van der Waals surface area contributed by atoms with Crippen LogP contribution >= 0.6 is 0 Å². The van der Waals surface area contributed by atoms with Crippen LogP contribution in [0.4, 0.5) is 5.82 Å². The van der Waals surface area contributed by atoms with Crippen molar-refractivity contribution in [3.05, 3.63) is 17.8 Å². The van der Waals surface area contributed by atoms with E-state index < -0.39 is 0 Å². The Hall–Kier alpha value is -1.29. The minimum absolute atomic E-state index is 0.00738. The Morgan fingerprint density at radius 3 is 3.20 bits per heavy atom. The predicted octanol–water partition coefficient (Wildman–Crippen LogP) is 0.673. The van der Waals surface area contributed by atoms with Crippen molar-refractivity contribution in [3.63, 3.8) is 0 Å². The van der Waals surface area contributed by atoms with Crippen LogP contribution in [0.5, 0.6) is 5.75 Å². The first-order valence-electron chi connectivity index (χ1n) is 5.29. The molecular weight excluding hydrogens is 190 g/mol. The molecule has 3 heterocycles. The van der Waals surface area contributed by atoms with Gasteiger partial charge >= 0.3 is 0 Å². The molecule has 80 valence electrons. The van der Waals surface area contributed by atoms with Gasteiger partial charge in [0.1, 0.15) is 17.2 Å². The van der Waals surface area contributed by atoms with E-state index in [-0.39, 0.29) is 5.60 Å². The number of ether oxygens (including phenoxy) is 1. The third-order valence-corrected chi connectivity index (χ3v) is 3.32. The first-order chi connectivity index (χ1) is 7.17. The van der Waals surface area contributed by atoms with Crippen LogP contribution in [0.2, 0.25) is 0 Å². The summed E-state index contributed by atoms with van der Waals surface area (Å²) in [6, 6.07) is 1.93. The molecule has 3 rings (SSSR count). The van der Waals surface area contributed by atoms with Gasteiger partial charge in [0.25, 0.3) is 0 Å². The van der Waals surface area contributed by atoms with Crippen LogP contribution in [0.15, 0.2) is 12.3 Å². The summed E-state index contributed by atoms with van der Waals surface area (Å²) in [6.45, 7) is 2.11. The van der Waals surface area contributed by atoms with Crippen molar-refractivity contribution in [1.29, 1.82) is 0 Å². The number of anilines is 1. The number of nitrogens with zero attached hydrogens (tertiary/aromatic N) is 2. The van der Waals surface area contributed by atoms with E-state index in [0.717, 1.165) is 31.7 Å². The third-order valence-electron chi connectivity index (χ3n) is 3.32. The Bertz CT molecular complexity index is 407. The van der Waals surface area contributed by atoms with Gasteiger partial charge in [-0.25, -0.2) is 4.98 Å². The van der Waals surface area contributed by atoms with Gasteiger partial charge in [0, 0.05) is 31.5 Å². The number of rotatable bonds is 0. The summed E-state index contributed by atoms with van der Waals surface area (Å²) < 4.78 is 6.02. The average Bonchev–Trinajstić information content (AvgIpc) is 2.69. The molecule has 0 bridgehead atoms. The van der Waals surface area contributed by atoms with E-state index in [1.54, 1.807) is 6.20 Å². The molecule has 1 aromatic rings.